The van der Waals surface area contributed by atoms with E-state index in [0.717, 1.165) is 49.3 Å². The van der Waals surface area contributed by atoms with Crippen molar-refractivity contribution >= 4 is 28.3 Å². The van der Waals surface area contributed by atoms with Gasteiger partial charge in [-0.05, 0) is 48.6 Å². The number of hydrogen-bond donors (Lipinski definition) is 2. The Kier molecular flexibility index (Phi) is 3.60. The molecule has 4 heterocycles. The lowest BCUT2D eigenvalue weighted by Crippen LogP contribution is -2.66. The second-order valence-corrected chi connectivity index (χ2v) is 9.49. The molecule has 3 saturated carbocycles. The van der Waals surface area contributed by atoms with E-state index >= 15 is 0 Å². The molecule has 7 rings (SSSR count). The van der Waals surface area contributed by atoms with Gasteiger partial charge in [0.2, 0.25) is 0 Å². The third-order valence-corrected chi connectivity index (χ3v) is 7.14. The summed E-state index contributed by atoms with van der Waals surface area (Å²) in [7, 11) is 0. The third kappa shape index (κ3) is 2.65. The summed E-state index contributed by atoms with van der Waals surface area (Å²) in [6, 6.07) is 3.98. The van der Waals surface area contributed by atoms with Crippen molar-refractivity contribution in [1.29, 1.82) is 0 Å². The van der Waals surface area contributed by atoms with Gasteiger partial charge in [-0.1, -0.05) is 11.6 Å². The topological polar surface area (TPSA) is 67.8 Å². The summed E-state index contributed by atoms with van der Waals surface area (Å²) in [5.74, 6) is 1.17. The Morgan fingerprint density at radius 3 is 3.04 bits per heavy atom. The number of anilines is 1. The van der Waals surface area contributed by atoms with Crippen LogP contribution in [0.2, 0.25) is 5.15 Å². The first-order valence-corrected chi connectivity index (χ1v) is 10.5. The number of ether oxygens (including phenoxy) is 1. The molecule has 0 saturated heterocycles. The van der Waals surface area contributed by atoms with Gasteiger partial charge < -0.3 is 19.6 Å². The van der Waals surface area contributed by atoms with E-state index < -0.39 is 0 Å². The smallest absolute Gasteiger partial charge is 0.140 e. The molecule has 6 nitrogen and oxygen atoms in total. The largest absolute Gasteiger partial charge is 0.384 e. The number of aromatic nitrogens is 4. The van der Waals surface area contributed by atoms with E-state index in [1.165, 1.54) is 25.1 Å². The molecule has 4 aliphatic rings. The van der Waals surface area contributed by atoms with E-state index in [1.807, 2.05) is 24.5 Å². The van der Waals surface area contributed by atoms with E-state index in [1.54, 1.807) is 0 Å². The Hall–Kier alpha value is -2.05. The molecule has 0 amide bonds. The van der Waals surface area contributed by atoms with Crippen LogP contribution in [0.4, 0.5) is 5.69 Å². The number of nitrogens with one attached hydrogen (secondary N) is 2. The number of hydrogen-bond acceptors (Lipinski definition) is 4. The SMILES string of the molecule is Clc1cc2c(NCC34CC(COC5CCn6ccnc6C5)(C3)C4)ccnc2[nH]1. The van der Waals surface area contributed by atoms with Crippen molar-refractivity contribution in [3.63, 3.8) is 0 Å². The Morgan fingerprint density at radius 1 is 1.25 bits per heavy atom. The molecular weight excluding hydrogens is 374 g/mol. The second-order valence-electron chi connectivity index (χ2n) is 9.08. The van der Waals surface area contributed by atoms with E-state index in [-0.39, 0.29) is 0 Å². The van der Waals surface area contributed by atoms with E-state index in [0.29, 0.717) is 22.1 Å². The van der Waals surface area contributed by atoms with Crippen LogP contribution >= 0.6 is 11.6 Å². The summed E-state index contributed by atoms with van der Waals surface area (Å²) < 4.78 is 8.57. The standard InChI is InChI=1S/C21H24ClN5O/c22-17-8-15-16(1-3-24-19(15)26-17)25-12-20-9-21(10-20,11-20)13-28-14-2-5-27-6-4-23-18(27)7-14/h1,3-4,6,8,14H,2,5,7,9-13H2,(H2,24,25,26). The zero-order chi connectivity index (χ0) is 18.8. The number of aromatic amines is 1. The molecule has 2 N–H and O–H groups in total. The van der Waals surface area contributed by atoms with Crippen LogP contribution in [0.1, 0.15) is 31.5 Å². The Balaban J connectivity index is 1.02. The summed E-state index contributed by atoms with van der Waals surface area (Å²) in [5.41, 5.74) is 2.83. The second kappa shape index (κ2) is 5.97. The fourth-order valence-electron chi connectivity index (χ4n) is 5.76. The number of imidazole rings is 1. The first-order chi connectivity index (χ1) is 13.6. The summed E-state index contributed by atoms with van der Waals surface area (Å²) in [4.78, 5) is 11.9. The van der Waals surface area contributed by atoms with E-state index in [9.17, 15) is 0 Å². The van der Waals surface area contributed by atoms with Gasteiger partial charge in [-0.3, -0.25) is 0 Å². The molecule has 146 valence electrons. The predicted octanol–water partition coefficient (Wildman–Crippen LogP) is 4.03. The molecule has 2 bridgehead atoms. The highest BCUT2D eigenvalue weighted by Crippen LogP contribution is 2.73. The number of rotatable bonds is 6. The number of aryl methyl sites for hydroxylation is 1. The van der Waals surface area contributed by atoms with Crippen LogP contribution in [-0.4, -0.2) is 38.8 Å². The molecule has 3 aliphatic carbocycles. The minimum Gasteiger partial charge on any atom is -0.384 e. The summed E-state index contributed by atoms with van der Waals surface area (Å²) in [5, 5.41) is 5.33. The van der Waals surface area contributed by atoms with Crippen molar-refractivity contribution < 1.29 is 4.74 Å². The van der Waals surface area contributed by atoms with Crippen LogP contribution in [-0.2, 0) is 17.7 Å². The summed E-state index contributed by atoms with van der Waals surface area (Å²) in [6.45, 7) is 2.95. The number of H-pyrrole nitrogens is 1. The average Bonchev–Trinajstić information content (AvgIpc) is 3.24. The van der Waals surface area contributed by atoms with Crippen LogP contribution in [0.3, 0.4) is 0 Å². The molecule has 1 unspecified atom stereocenters. The zero-order valence-corrected chi connectivity index (χ0v) is 16.5. The molecule has 1 aliphatic heterocycles. The molecular formula is C21H24ClN5O. The zero-order valence-electron chi connectivity index (χ0n) is 15.7. The summed E-state index contributed by atoms with van der Waals surface area (Å²) in [6.07, 6.45) is 12.0. The molecule has 0 spiro atoms. The van der Waals surface area contributed by atoms with E-state index in [2.05, 4.69) is 31.0 Å². The van der Waals surface area contributed by atoms with Gasteiger partial charge in [0, 0.05) is 49.2 Å². The fraction of sp³-hybridized carbons (Fsp3) is 0.524. The number of fused-ring (bicyclic) bond motifs is 2. The van der Waals surface area contributed by atoms with Crippen LogP contribution < -0.4 is 5.32 Å². The highest BCUT2D eigenvalue weighted by atomic mass is 35.5. The minimum absolute atomic E-state index is 0.335. The van der Waals surface area contributed by atoms with Crippen molar-refractivity contribution in [3.8, 4) is 0 Å². The maximum atomic E-state index is 6.32. The highest BCUT2D eigenvalue weighted by molar-refractivity contribution is 6.30. The first-order valence-electron chi connectivity index (χ1n) is 10.1. The van der Waals surface area contributed by atoms with Crippen molar-refractivity contribution in [2.24, 2.45) is 10.8 Å². The van der Waals surface area contributed by atoms with Crippen LogP contribution in [0, 0.1) is 10.8 Å². The highest BCUT2D eigenvalue weighted by Gasteiger charge is 2.67. The van der Waals surface area contributed by atoms with Crippen LogP contribution in [0.25, 0.3) is 11.0 Å². The van der Waals surface area contributed by atoms with Gasteiger partial charge in [-0.15, -0.1) is 0 Å². The molecule has 3 aromatic rings. The monoisotopic (exact) mass is 397 g/mol. The van der Waals surface area contributed by atoms with Gasteiger partial charge in [0.15, 0.2) is 0 Å². The lowest BCUT2D eigenvalue weighted by Gasteiger charge is -2.71. The molecule has 0 aromatic carbocycles. The van der Waals surface area contributed by atoms with Crippen LogP contribution in [0.15, 0.2) is 30.7 Å². The molecule has 3 fully saturated rings. The van der Waals surface area contributed by atoms with Gasteiger partial charge in [-0.25, -0.2) is 9.97 Å². The van der Waals surface area contributed by atoms with Crippen molar-refractivity contribution in [2.45, 2.75) is 44.8 Å². The van der Waals surface area contributed by atoms with Gasteiger partial charge in [0.1, 0.15) is 16.6 Å². The number of pyridine rings is 1. The number of nitrogens with zero attached hydrogens (tertiary/aromatic N) is 3. The van der Waals surface area contributed by atoms with Crippen molar-refractivity contribution in [2.75, 3.05) is 18.5 Å². The average molecular weight is 398 g/mol. The Morgan fingerprint density at radius 2 is 2.14 bits per heavy atom. The molecule has 1 atom stereocenters. The molecule has 0 radical (unpaired) electrons. The van der Waals surface area contributed by atoms with Gasteiger partial charge >= 0.3 is 0 Å². The molecule has 7 heteroatoms. The maximum Gasteiger partial charge on any atom is 0.140 e. The Bertz CT molecular complexity index is 1020. The number of halogens is 1. The molecule has 3 aromatic heterocycles. The van der Waals surface area contributed by atoms with Gasteiger partial charge in [0.05, 0.1) is 12.7 Å². The van der Waals surface area contributed by atoms with Gasteiger partial charge in [-0.2, -0.15) is 0 Å². The first kappa shape index (κ1) is 16.9. The maximum absolute atomic E-state index is 6.32. The third-order valence-electron chi connectivity index (χ3n) is 6.93. The summed E-state index contributed by atoms with van der Waals surface area (Å²) >= 11 is 6.09. The van der Waals surface area contributed by atoms with Crippen molar-refractivity contribution in [1.82, 2.24) is 19.5 Å². The normalized spacial score (nSPS) is 30.5. The van der Waals surface area contributed by atoms with Crippen molar-refractivity contribution in [3.05, 3.63) is 41.7 Å². The Labute approximate surface area is 168 Å². The molecule has 28 heavy (non-hydrogen) atoms. The van der Waals surface area contributed by atoms with Crippen LogP contribution in [0.5, 0.6) is 0 Å². The van der Waals surface area contributed by atoms with E-state index in [4.69, 9.17) is 16.3 Å². The predicted molar refractivity (Wildman–Crippen MR) is 109 cm³/mol. The fourth-order valence-corrected chi connectivity index (χ4v) is 5.96. The van der Waals surface area contributed by atoms with Gasteiger partial charge in [0.25, 0.3) is 0 Å². The minimum atomic E-state index is 0.335. The lowest BCUT2D eigenvalue weighted by molar-refractivity contribution is -0.230. The lowest BCUT2D eigenvalue weighted by atomic mass is 9.35. The quantitative estimate of drug-likeness (QED) is 0.659.